The van der Waals surface area contributed by atoms with Crippen molar-refractivity contribution < 1.29 is 24.4 Å². The SMILES string of the molecule is O=C1CCC(N2C(=O)c3ccc(N4CCN(O)CC4)cc3C2=O)C(=O)N1. The topological polar surface area (TPSA) is 110 Å². The summed E-state index contributed by atoms with van der Waals surface area (Å²) >= 11 is 0. The Morgan fingerprint density at radius 1 is 0.962 bits per heavy atom. The van der Waals surface area contributed by atoms with Crippen LogP contribution in [0.1, 0.15) is 33.6 Å². The van der Waals surface area contributed by atoms with Crippen molar-refractivity contribution >= 4 is 29.3 Å². The molecule has 0 bridgehead atoms. The number of amides is 4. The number of hydrogen-bond donors (Lipinski definition) is 2. The Labute approximate surface area is 149 Å². The number of hydrogen-bond acceptors (Lipinski definition) is 7. The largest absolute Gasteiger partial charge is 0.369 e. The van der Waals surface area contributed by atoms with E-state index in [-0.39, 0.29) is 24.0 Å². The zero-order chi connectivity index (χ0) is 18.4. The fourth-order valence-corrected chi connectivity index (χ4v) is 3.61. The van der Waals surface area contributed by atoms with E-state index < -0.39 is 29.7 Å². The Kier molecular flexibility index (Phi) is 3.97. The van der Waals surface area contributed by atoms with E-state index in [0.29, 0.717) is 26.2 Å². The van der Waals surface area contributed by atoms with E-state index in [1.165, 1.54) is 5.06 Å². The van der Waals surface area contributed by atoms with Crippen LogP contribution < -0.4 is 10.2 Å². The zero-order valence-corrected chi connectivity index (χ0v) is 14.0. The fraction of sp³-hybridized carbons (Fsp3) is 0.412. The number of carbonyl (C=O) groups excluding carboxylic acids is 4. The van der Waals surface area contributed by atoms with E-state index >= 15 is 0 Å². The van der Waals surface area contributed by atoms with Gasteiger partial charge in [-0.15, -0.1) is 0 Å². The zero-order valence-electron chi connectivity index (χ0n) is 14.0. The predicted octanol–water partition coefficient (Wildman–Crippen LogP) is -0.401. The van der Waals surface area contributed by atoms with E-state index in [1.54, 1.807) is 18.2 Å². The smallest absolute Gasteiger partial charge is 0.262 e. The third-order valence-corrected chi connectivity index (χ3v) is 5.04. The summed E-state index contributed by atoms with van der Waals surface area (Å²) in [5.41, 5.74) is 1.33. The molecule has 9 nitrogen and oxygen atoms in total. The molecule has 0 saturated carbocycles. The van der Waals surface area contributed by atoms with Gasteiger partial charge in [0.2, 0.25) is 11.8 Å². The number of carbonyl (C=O) groups is 4. The summed E-state index contributed by atoms with van der Waals surface area (Å²) in [6.07, 6.45) is 0.238. The standard InChI is InChI=1S/C17H18N4O5/c22-14-4-3-13(15(23)18-14)21-16(24)11-2-1-10(9-12(11)17(21)25)19-5-7-20(26)8-6-19/h1-2,9,13,26H,3-8H2,(H,18,22,23). The Morgan fingerprint density at radius 2 is 1.65 bits per heavy atom. The van der Waals surface area contributed by atoms with Crippen LogP contribution in [0.3, 0.4) is 0 Å². The maximum absolute atomic E-state index is 12.8. The van der Waals surface area contributed by atoms with Gasteiger partial charge >= 0.3 is 0 Å². The lowest BCUT2D eigenvalue weighted by molar-refractivity contribution is -0.136. The molecule has 1 aromatic carbocycles. The van der Waals surface area contributed by atoms with Gasteiger partial charge in [-0.1, -0.05) is 0 Å². The molecule has 4 amide bonds. The number of fused-ring (bicyclic) bond motifs is 1. The third-order valence-electron chi connectivity index (χ3n) is 5.04. The van der Waals surface area contributed by atoms with Gasteiger partial charge in [0.25, 0.3) is 11.8 Å². The van der Waals surface area contributed by atoms with E-state index in [0.717, 1.165) is 10.6 Å². The molecule has 3 aliphatic heterocycles. The van der Waals surface area contributed by atoms with E-state index in [1.807, 2.05) is 4.90 Å². The maximum Gasteiger partial charge on any atom is 0.262 e. The molecular formula is C17H18N4O5. The first-order chi connectivity index (χ1) is 12.5. The second-order valence-electron chi connectivity index (χ2n) is 6.62. The van der Waals surface area contributed by atoms with Crippen LogP contribution >= 0.6 is 0 Å². The number of piperazine rings is 1. The number of rotatable bonds is 2. The first-order valence-corrected chi connectivity index (χ1v) is 8.50. The van der Waals surface area contributed by atoms with Gasteiger partial charge in [0.1, 0.15) is 6.04 Å². The average Bonchev–Trinajstić information content (AvgIpc) is 2.87. The molecule has 9 heteroatoms. The minimum atomic E-state index is -0.957. The van der Waals surface area contributed by atoms with Crippen molar-refractivity contribution in [3.63, 3.8) is 0 Å². The van der Waals surface area contributed by atoms with Crippen LogP contribution in [0.5, 0.6) is 0 Å². The molecule has 2 saturated heterocycles. The van der Waals surface area contributed by atoms with Gasteiger partial charge in [-0.25, -0.2) is 0 Å². The summed E-state index contributed by atoms with van der Waals surface area (Å²) < 4.78 is 0. The van der Waals surface area contributed by atoms with Crippen molar-refractivity contribution in [2.45, 2.75) is 18.9 Å². The molecule has 2 fully saturated rings. The van der Waals surface area contributed by atoms with Crippen molar-refractivity contribution in [1.82, 2.24) is 15.3 Å². The van der Waals surface area contributed by atoms with Crippen LogP contribution in [0, 0.1) is 0 Å². The quantitative estimate of drug-likeness (QED) is 0.692. The van der Waals surface area contributed by atoms with Gasteiger partial charge in [-0.2, -0.15) is 5.06 Å². The van der Waals surface area contributed by atoms with Gasteiger partial charge in [0.05, 0.1) is 11.1 Å². The molecule has 0 spiro atoms. The molecule has 2 N–H and O–H groups in total. The summed E-state index contributed by atoms with van der Waals surface area (Å²) in [6.45, 7) is 2.20. The van der Waals surface area contributed by atoms with Gasteiger partial charge in [-0.3, -0.25) is 29.4 Å². The number of anilines is 1. The fourth-order valence-electron chi connectivity index (χ4n) is 3.61. The minimum absolute atomic E-state index is 0.0977. The number of imide groups is 2. The molecule has 1 aromatic rings. The van der Waals surface area contributed by atoms with Gasteiger partial charge in [0, 0.05) is 38.3 Å². The van der Waals surface area contributed by atoms with Crippen molar-refractivity contribution in [2.24, 2.45) is 0 Å². The van der Waals surface area contributed by atoms with E-state index in [9.17, 15) is 24.4 Å². The summed E-state index contributed by atoms with van der Waals surface area (Å²) in [7, 11) is 0. The van der Waals surface area contributed by atoms with Crippen LogP contribution in [0.25, 0.3) is 0 Å². The van der Waals surface area contributed by atoms with Crippen LogP contribution in [-0.2, 0) is 9.59 Å². The molecule has 1 unspecified atom stereocenters. The normalized spacial score (nSPS) is 24.1. The first kappa shape index (κ1) is 16.7. The molecule has 0 aliphatic carbocycles. The summed E-state index contributed by atoms with van der Waals surface area (Å²) in [5, 5.41) is 12.9. The van der Waals surface area contributed by atoms with E-state index in [2.05, 4.69) is 5.32 Å². The number of piperidine rings is 1. The monoisotopic (exact) mass is 358 g/mol. The second-order valence-corrected chi connectivity index (χ2v) is 6.62. The molecule has 1 atom stereocenters. The highest BCUT2D eigenvalue weighted by atomic mass is 16.5. The molecule has 0 aromatic heterocycles. The van der Waals surface area contributed by atoms with Crippen LogP contribution in [0.2, 0.25) is 0 Å². The molecule has 3 aliphatic rings. The van der Waals surface area contributed by atoms with Crippen LogP contribution in [0.4, 0.5) is 5.69 Å². The van der Waals surface area contributed by atoms with Crippen molar-refractivity contribution in [1.29, 1.82) is 0 Å². The van der Waals surface area contributed by atoms with Gasteiger partial charge in [-0.05, 0) is 24.6 Å². The average molecular weight is 358 g/mol. The molecule has 136 valence electrons. The lowest BCUT2D eigenvalue weighted by Gasteiger charge is -2.32. The summed E-state index contributed by atoms with van der Waals surface area (Å²) in [4.78, 5) is 51.8. The first-order valence-electron chi connectivity index (χ1n) is 8.50. The lowest BCUT2D eigenvalue weighted by atomic mass is 10.0. The summed E-state index contributed by atoms with van der Waals surface area (Å²) in [5.74, 6) is -2.03. The van der Waals surface area contributed by atoms with Crippen molar-refractivity contribution in [3.05, 3.63) is 29.3 Å². The van der Waals surface area contributed by atoms with E-state index in [4.69, 9.17) is 0 Å². The van der Waals surface area contributed by atoms with Gasteiger partial charge in [0.15, 0.2) is 0 Å². The molecule has 3 heterocycles. The summed E-state index contributed by atoms with van der Waals surface area (Å²) in [6, 6.07) is 4.07. The Morgan fingerprint density at radius 3 is 2.35 bits per heavy atom. The number of nitrogens with one attached hydrogen (secondary N) is 1. The third kappa shape index (κ3) is 2.65. The maximum atomic E-state index is 12.8. The van der Waals surface area contributed by atoms with Crippen LogP contribution in [-0.4, -0.2) is 71.0 Å². The Balaban J connectivity index is 1.60. The number of nitrogens with zero attached hydrogens (tertiary/aromatic N) is 3. The Bertz CT molecular complexity index is 815. The predicted molar refractivity (Wildman–Crippen MR) is 88.7 cm³/mol. The second kappa shape index (κ2) is 6.19. The minimum Gasteiger partial charge on any atom is -0.369 e. The van der Waals surface area contributed by atoms with Crippen molar-refractivity contribution in [3.8, 4) is 0 Å². The molecule has 4 rings (SSSR count). The lowest BCUT2D eigenvalue weighted by Crippen LogP contribution is -2.54. The number of benzene rings is 1. The Hall–Kier alpha value is -2.78. The van der Waals surface area contributed by atoms with Crippen molar-refractivity contribution in [2.75, 3.05) is 31.1 Å². The van der Waals surface area contributed by atoms with Crippen LogP contribution in [0.15, 0.2) is 18.2 Å². The highest BCUT2D eigenvalue weighted by molar-refractivity contribution is 6.23. The molecular weight excluding hydrogens is 340 g/mol. The molecule has 0 radical (unpaired) electrons. The highest BCUT2D eigenvalue weighted by Gasteiger charge is 2.44. The highest BCUT2D eigenvalue weighted by Crippen LogP contribution is 2.30. The number of hydroxylamine groups is 2. The van der Waals surface area contributed by atoms with Gasteiger partial charge < -0.3 is 10.1 Å². The molecule has 26 heavy (non-hydrogen) atoms.